The molecule has 1 aliphatic heterocycles. The van der Waals surface area contributed by atoms with Crippen molar-refractivity contribution in [3.8, 4) is 0 Å². The standard InChI is InChI=1S/C27H32F6N6O22P2/c1-10(54-22(45)26(28,29)30)14(58-25(59-23(46)27(31,32)33)39-6-5-16(43)37-24(39)47)9-53-62(48,49)61-63(50,51)60-21-18(36-17(44)7-35-38-34)20(56-13(4)42)19(55-12(3)41)15(57-21)8-52-11(2)40/h5-6,10,14-15,18-21,25H,7-9H2,1-4H3,(H,36,44)(H,48,49)(H,50,51)(H,37,43,47)/t10-,14-,15?,18?,19+,20-,21-,25?/m1/s1. The van der Waals surface area contributed by atoms with E-state index in [1.54, 1.807) is 0 Å². The molecule has 0 aliphatic carbocycles. The quantitative estimate of drug-likeness (QED) is 0.0198. The average molecular weight is 969 g/mol. The highest BCUT2D eigenvalue weighted by Gasteiger charge is 2.54. The van der Waals surface area contributed by atoms with Crippen molar-refractivity contribution in [2.24, 2.45) is 5.11 Å². The zero-order valence-corrected chi connectivity index (χ0v) is 33.7. The minimum absolute atomic E-state index is 0.128. The van der Waals surface area contributed by atoms with E-state index in [2.05, 4.69) is 28.3 Å². The summed E-state index contributed by atoms with van der Waals surface area (Å²) in [7, 11) is -12.6. The second-order valence-electron chi connectivity index (χ2n) is 11.9. The lowest BCUT2D eigenvalue weighted by Crippen LogP contribution is -2.66. The second-order valence-corrected chi connectivity index (χ2v) is 14.9. The number of carbonyl (C=O) groups is 6. The zero-order valence-electron chi connectivity index (χ0n) is 31.9. The van der Waals surface area contributed by atoms with Crippen LogP contribution in [0, 0.1) is 0 Å². The van der Waals surface area contributed by atoms with Gasteiger partial charge in [-0.2, -0.15) is 30.7 Å². The Morgan fingerprint density at radius 1 is 0.952 bits per heavy atom. The summed E-state index contributed by atoms with van der Waals surface area (Å²) in [5, 5.41) is 4.97. The molecule has 1 aliphatic rings. The van der Waals surface area contributed by atoms with Crippen LogP contribution in [0.25, 0.3) is 10.4 Å². The highest BCUT2D eigenvalue weighted by Crippen LogP contribution is 2.61. The number of alkyl halides is 6. The Kier molecular flexibility index (Phi) is 19.0. The molecule has 2 rings (SSSR count). The summed E-state index contributed by atoms with van der Waals surface area (Å²) in [6.07, 6.45) is -28.0. The van der Waals surface area contributed by atoms with Gasteiger partial charge in [0, 0.05) is 37.9 Å². The largest absolute Gasteiger partial charge is 0.491 e. The number of hydrogen-bond donors (Lipinski definition) is 4. The SMILES string of the molecule is CC(=O)OCC1O[C@H](OP(=O)(O)OP(=O)(O)OC[C@@H](OC(OC(=O)C(F)(F)F)n2ccc(=O)[nH]c2=O)[C@@H](C)OC(=O)C(F)(F)F)C(NC(=O)CN=[N+]=[N-])[C@@H](OC(C)=O)[C@H]1OC(C)=O. The maximum Gasteiger partial charge on any atom is 0.491 e. The van der Waals surface area contributed by atoms with Gasteiger partial charge in [0.05, 0.1) is 6.61 Å². The third-order valence-electron chi connectivity index (χ3n) is 7.01. The van der Waals surface area contributed by atoms with E-state index in [-0.39, 0.29) is 4.57 Å². The summed E-state index contributed by atoms with van der Waals surface area (Å²) in [5.41, 5.74) is 5.68. The fourth-order valence-electron chi connectivity index (χ4n) is 4.59. The van der Waals surface area contributed by atoms with Crippen LogP contribution in [0.15, 0.2) is 27.0 Å². The molecule has 1 aromatic rings. The number of amides is 1. The van der Waals surface area contributed by atoms with E-state index < -0.39 is 144 Å². The van der Waals surface area contributed by atoms with Crippen LogP contribution in [0.3, 0.4) is 0 Å². The molecular formula is C27H32F6N6O22P2. The predicted molar refractivity (Wildman–Crippen MR) is 179 cm³/mol. The molecule has 0 bridgehead atoms. The number of halogens is 6. The van der Waals surface area contributed by atoms with Crippen LogP contribution >= 0.6 is 15.6 Å². The number of nitrogens with zero attached hydrogens (tertiary/aromatic N) is 4. The van der Waals surface area contributed by atoms with Gasteiger partial charge in [0.2, 0.25) is 5.91 Å². The van der Waals surface area contributed by atoms with Gasteiger partial charge in [0.1, 0.15) is 37.5 Å². The highest BCUT2D eigenvalue weighted by atomic mass is 31.3. The average Bonchev–Trinajstić information content (AvgIpc) is 3.11. The number of nitrogens with one attached hydrogen (secondary N) is 2. The smallest absolute Gasteiger partial charge is 0.463 e. The number of rotatable bonds is 20. The first kappa shape index (κ1) is 53.7. The van der Waals surface area contributed by atoms with Gasteiger partial charge in [-0.05, 0) is 12.5 Å². The summed E-state index contributed by atoms with van der Waals surface area (Å²) < 4.78 is 152. The first-order valence-corrected chi connectivity index (χ1v) is 19.5. The van der Waals surface area contributed by atoms with Crippen LogP contribution in [-0.2, 0) is 84.4 Å². The van der Waals surface area contributed by atoms with Crippen LogP contribution in [-0.4, -0.2) is 130 Å². The zero-order chi connectivity index (χ0) is 48.2. The number of phosphoric ester groups is 2. The highest BCUT2D eigenvalue weighted by molar-refractivity contribution is 7.61. The molecule has 1 fully saturated rings. The fraction of sp³-hybridized carbons (Fsp3) is 0.630. The van der Waals surface area contributed by atoms with Gasteiger partial charge in [-0.1, -0.05) is 5.11 Å². The summed E-state index contributed by atoms with van der Waals surface area (Å²) >= 11 is 0. The number of esters is 5. The van der Waals surface area contributed by atoms with Gasteiger partial charge < -0.3 is 48.3 Å². The number of aromatic nitrogens is 2. The molecule has 354 valence electrons. The number of aromatic amines is 1. The molecule has 2 heterocycles. The minimum atomic E-state index is -6.31. The van der Waals surface area contributed by atoms with E-state index in [9.17, 15) is 83.6 Å². The van der Waals surface area contributed by atoms with E-state index >= 15 is 0 Å². The molecular weight excluding hydrogens is 936 g/mol. The van der Waals surface area contributed by atoms with Gasteiger partial charge in [-0.25, -0.2) is 28.1 Å². The van der Waals surface area contributed by atoms with Gasteiger partial charge in [0.15, 0.2) is 18.5 Å². The third kappa shape index (κ3) is 17.7. The number of carbonyl (C=O) groups excluding carboxylic acids is 6. The monoisotopic (exact) mass is 968 g/mol. The Balaban J connectivity index is 2.57. The lowest BCUT2D eigenvalue weighted by molar-refractivity contribution is -0.264. The van der Waals surface area contributed by atoms with Crippen molar-refractivity contribution in [1.29, 1.82) is 0 Å². The van der Waals surface area contributed by atoms with Crippen molar-refractivity contribution < 1.29 is 121 Å². The van der Waals surface area contributed by atoms with E-state index in [0.29, 0.717) is 19.2 Å². The Hall–Kier alpha value is -5.43. The molecule has 5 unspecified atom stereocenters. The van der Waals surface area contributed by atoms with Gasteiger partial charge in [-0.15, -0.1) is 0 Å². The summed E-state index contributed by atoms with van der Waals surface area (Å²) in [4.78, 5) is 120. The molecule has 28 nitrogen and oxygen atoms in total. The van der Waals surface area contributed by atoms with Gasteiger partial charge in [-0.3, -0.25) is 38.0 Å². The number of azide groups is 1. The number of ether oxygens (including phenoxy) is 7. The second kappa shape index (κ2) is 22.3. The lowest BCUT2D eigenvalue weighted by Gasteiger charge is -2.44. The molecule has 1 amide bonds. The fourth-order valence-corrected chi connectivity index (χ4v) is 6.76. The molecule has 0 saturated carbocycles. The molecule has 0 aromatic carbocycles. The predicted octanol–water partition coefficient (Wildman–Crippen LogP) is 0.175. The molecule has 0 radical (unpaired) electrons. The van der Waals surface area contributed by atoms with Crippen molar-refractivity contribution in [1.82, 2.24) is 14.9 Å². The van der Waals surface area contributed by atoms with E-state index in [4.69, 9.17) is 33.7 Å². The molecule has 0 spiro atoms. The van der Waals surface area contributed by atoms with Crippen LogP contribution in [0.5, 0.6) is 0 Å². The van der Waals surface area contributed by atoms with Crippen molar-refractivity contribution in [2.75, 3.05) is 19.8 Å². The summed E-state index contributed by atoms with van der Waals surface area (Å²) in [6.45, 7) is -0.893. The van der Waals surface area contributed by atoms with Gasteiger partial charge >= 0.3 is 63.5 Å². The first-order valence-electron chi connectivity index (χ1n) is 16.5. The van der Waals surface area contributed by atoms with E-state index in [0.717, 1.165) is 20.8 Å². The first-order chi connectivity index (χ1) is 28.8. The molecule has 1 saturated heterocycles. The molecule has 36 heteroatoms. The van der Waals surface area contributed by atoms with Crippen molar-refractivity contribution in [2.45, 2.75) is 89.3 Å². The van der Waals surface area contributed by atoms with E-state index in [1.165, 1.54) is 4.98 Å². The van der Waals surface area contributed by atoms with Crippen LogP contribution < -0.4 is 16.6 Å². The third-order valence-corrected chi connectivity index (χ3v) is 9.61. The molecule has 63 heavy (non-hydrogen) atoms. The Morgan fingerprint density at radius 2 is 1.52 bits per heavy atom. The Morgan fingerprint density at radius 3 is 2.05 bits per heavy atom. The maximum absolute atomic E-state index is 13.2. The maximum atomic E-state index is 13.2. The van der Waals surface area contributed by atoms with Crippen molar-refractivity contribution in [3.05, 3.63) is 43.5 Å². The molecule has 4 N–H and O–H groups in total. The summed E-state index contributed by atoms with van der Waals surface area (Å²) in [5.74, 6) is -10.8. The van der Waals surface area contributed by atoms with Crippen LogP contribution in [0.1, 0.15) is 34.1 Å². The minimum Gasteiger partial charge on any atom is -0.463 e. The lowest BCUT2D eigenvalue weighted by atomic mass is 9.96. The molecule has 1 aromatic heterocycles. The Labute approximate surface area is 344 Å². The van der Waals surface area contributed by atoms with E-state index in [1.807, 2.05) is 5.32 Å². The topological polar surface area (TPSA) is 385 Å². The van der Waals surface area contributed by atoms with Crippen molar-refractivity contribution in [3.63, 3.8) is 0 Å². The number of H-pyrrole nitrogens is 1. The Bertz CT molecular complexity index is 2130. The van der Waals surface area contributed by atoms with Crippen molar-refractivity contribution >= 4 is 51.4 Å². The summed E-state index contributed by atoms with van der Waals surface area (Å²) in [6, 6.07) is -1.73. The van der Waals surface area contributed by atoms with Gasteiger partial charge in [0.25, 0.3) is 12.0 Å². The van der Waals surface area contributed by atoms with Crippen LogP contribution in [0.2, 0.25) is 0 Å². The van der Waals surface area contributed by atoms with Crippen LogP contribution in [0.4, 0.5) is 26.3 Å². The normalized spacial score (nSPS) is 22.3. The number of phosphoric acid groups is 2. The number of hydrogen-bond acceptors (Lipinski definition) is 21. The molecule has 10 atom stereocenters.